The second-order valence-electron chi connectivity index (χ2n) is 12.6. The van der Waals surface area contributed by atoms with E-state index < -0.39 is 27.3 Å². The van der Waals surface area contributed by atoms with Crippen LogP contribution < -0.4 is 14.4 Å². The van der Waals surface area contributed by atoms with Gasteiger partial charge in [0.2, 0.25) is 10.0 Å². The van der Waals surface area contributed by atoms with E-state index in [0.29, 0.717) is 36.1 Å². The molecule has 2 heterocycles. The Hall–Kier alpha value is -2.55. The number of hydrogen-bond acceptors (Lipinski definition) is 6. The molecule has 0 radical (unpaired) electrons. The lowest BCUT2D eigenvalue weighted by atomic mass is 9.70. The van der Waals surface area contributed by atoms with Gasteiger partial charge in [-0.25, -0.2) is 13.1 Å². The topological polar surface area (TPSA) is 95.9 Å². The number of amides is 1. The molecule has 7 nitrogen and oxygen atoms in total. The van der Waals surface area contributed by atoms with Crippen LogP contribution in [0.15, 0.2) is 48.6 Å². The Morgan fingerprint density at radius 1 is 1.12 bits per heavy atom. The van der Waals surface area contributed by atoms with Gasteiger partial charge in [-0.05, 0) is 104 Å². The molecular formula is C34H45ClN2O5S. The average Bonchev–Trinajstić information content (AvgIpc) is 2.97. The molecule has 5 atom stereocenters. The molecule has 1 aliphatic carbocycles. The zero-order valence-electron chi connectivity index (χ0n) is 25.3. The van der Waals surface area contributed by atoms with Gasteiger partial charge >= 0.3 is 0 Å². The molecule has 43 heavy (non-hydrogen) atoms. The molecular weight excluding hydrogens is 584 g/mol. The number of fused-ring (bicyclic) bond motifs is 3. The van der Waals surface area contributed by atoms with Crippen LogP contribution in [-0.2, 0) is 23.1 Å². The predicted octanol–water partition coefficient (Wildman–Crippen LogP) is 6.66. The number of anilines is 1. The molecule has 2 aliphatic heterocycles. The van der Waals surface area contributed by atoms with Crippen LogP contribution in [0.4, 0.5) is 5.69 Å². The van der Waals surface area contributed by atoms with Gasteiger partial charge in [-0.1, -0.05) is 56.5 Å². The van der Waals surface area contributed by atoms with Gasteiger partial charge in [0, 0.05) is 23.7 Å². The maximum atomic E-state index is 13.6. The van der Waals surface area contributed by atoms with Crippen molar-refractivity contribution in [1.82, 2.24) is 4.72 Å². The summed E-state index contributed by atoms with van der Waals surface area (Å²) in [5.74, 6) is 0.257. The standard InChI is InChI=1S/C34H45ClN2O5S/c1-3-4-11-33-23(2)8-7-10-31(38)29-16-13-26(29)21-37-18-6-5-9-24-19-28(35)15-12-27(24)22-42-32-17-14-25(20-30(32)37)34(39)36-43(33,40)41/h7,10,12,14-15,17,19-20,23,26,29,31,33,38H,3-6,8-9,11,13,16,18,21-22H2,1-2H3,(H,36,39)/b10-7+/t23-,26-,29+,31-,33-/m0/s1. The lowest BCUT2D eigenvalue weighted by molar-refractivity contribution is 0.0461. The van der Waals surface area contributed by atoms with Crippen LogP contribution in [0.1, 0.15) is 86.7 Å². The number of sulfonamides is 1. The van der Waals surface area contributed by atoms with Crippen LogP contribution in [-0.4, -0.2) is 43.9 Å². The minimum absolute atomic E-state index is 0.138. The molecule has 2 aromatic rings. The van der Waals surface area contributed by atoms with Gasteiger partial charge in [0.05, 0.1) is 17.0 Å². The lowest BCUT2D eigenvalue weighted by Gasteiger charge is -2.42. The largest absolute Gasteiger partial charge is 0.487 e. The normalized spacial score (nSPS) is 28.6. The van der Waals surface area contributed by atoms with Crippen LogP contribution in [0, 0.1) is 17.8 Å². The number of rotatable bonds is 3. The summed E-state index contributed by atoms with van der Waals surface area (Å²) in [5.41, 5.74) is 3.32. The average molecular weight is 629 g/mol. The fourth-order valence-electron chi connectivity index (χ4n) is 6.78. The smallest absolute Gasteiger partial charge is 0.264 e. The molecule has 1 fully saturated rings. The van der Waals surface area contributed by atoms with Crippen molar-refractivity contribution in [2.45, 2.75) is 89.6 Å². The van der Waals surface area contributed by atoms with Gasteiger partial charge < -0.3 is 14.7 Å². The number of benzene rings is 2. The Morgan fingerprint density at radius 3 is 2.72 bits per heavy atom. The fraction of sp³-hybridized carbons (Fsp3) is 0.559. The van der Waals surface area contributed by atoms with Crippen molar-refractivity contribution in [1.29, 1.82) is 0 Å². The summed E-state index contributed by atoms with van der Waals surface area (Å²) < 4.78 is 36.0. The number of halogens is 1. The molecule has 0 aromatic heterocycles. The van der Waals surface area contributed by atoms with Gasteiger partial charge in [-0.2, -0.15) is 0 Å². The number of aliphatic hydroxyl groups excluding tert-OH is 1. The first kappa shape index (κ1) is 31.9. The Labute approximate surface area is 261 Å². The van der Waals surface area contributed by atoms with Crippen LogP contribution in [0.2, 0.25) is 5.02 Å². The SMILES string of the molecule is CCCC[C@H]1[C@@H](C)C/C=C/[C@H](O)[C@@H]2CC[C@H]2CN2CCCCc3cc(Cl)ccc3COc3ccc(cc32)C(=O)NS1(=O)=O. The van der Waals surface area contributed by atoms with E-state index in [0.717, 1.165) is 69.3 Å². The van der Waals surface area contributed by atoms with Gasteiger partial charge in [0.15, 0.2) is 0 Å². The minimum Gasteiger partial charge on any atom is -0.487 e. The molecule has 2 bridgehead atoms. The number of carbonyl (C=O) groups is 1. The predicted molar refractivity (Wildman–Crippen MR) is 172 cm³/mol. The Kier molecular flexibility index (Phi) is 10.4. The third-order valence-electron chi connectivity index (χ3n) is 9.56. The third-order valence-corrected chi connectivity index (χ3v) is 11.8. The number of allylic oxidation sites excluding steroid dienone is 1. The first-order chi connectivity index (χ1) is 20.7. The summed E-state index contributed by atoms with van der Waals surface area (Å²) >= 11 is 6.32. The minimum atomic E-state index is -3.94. The Morgan fingerprint density at radius 2 is 1.95 bits per heavy atom. The van der Waals surface area contributed by atoms with Crippen LogP contribution >= 0.6 is 11.6 Å². The van der Waals surface area contributed by atoms with E-state index in [1.807, 2.05) is 44.2 Å². The molecule has 0 saturated heterocycles. The van der Waals surface area contributed by atoms with Crippen molar-refractivity contribution >= 4 is 33.2 Å². The first-order valence-electron chi connectivity index (χ1n) is 15.9. The van der Waals surface area contributed by atoms with Crippen molar-refractivity contribution in [3.05, 3.63) is 70.3 Å². The fourth-order valence-corrected chi connectivity index (χ4v) is 8.70. The number of aliphatic hydroxyl groups is 1. The van der Waals surface area contributed by atoms with Crippen LogP contribution in [0.25, 0.3) is 0 Å². The van der Waals surface area contributed by atoms with E-state index in [-0.39, 0.29) is 17.4 Å². The molecule has 2 N–H and O–H groups in total. The Bertz CT molecular complexity index is 1430. The van der Waals surface area contributed by atoms with Crippen molar-refractivity contribution < 1.29 is 23.1 Å². The number of nitrogens with one attached hydrogen (secondary N) is 1. The highest BCUT2D eigenvalue weighted by Crippen LogP contribution is 2.41. The summed E-state index contributed by atoms with van der Waals surface area (Å²) in [7, 11) is -3.94. The van der Waals surface area contributed by atoms with E-state index in [9.17, 15) is 18.3 Å². The molecule has 5 rings (SSSR count). The van der Waals surface area contributed by atoms with Crippen molar-refractivity contribution in [3.63, 3.8) is 0 Å². The third kappa shape index (κ3) is 7.58. The summed E-state index contributed by atoms with van der Waals surface area (Å²) in [6.45, 7) is 5.78. The van der Waals surface area contributed by atoms with E-state index in [4.69, 9.17) is 16.3 Å². The number of hydrogen-bond donors (Lipinski definition) is 2. The molecule has 1 saturated carbocycles. The van der Waals surface area contributed by atoms with E-state index in [1.54, 1.807) is 18.2 Å². The van der Waals surface area contributed by atoms with E-state index in [1.165, 1.54) is 5.56 Å². The highest BCUT2D eigenvalue weighted by molar-refractivity contribution is 7.90. The lowest BCUT2D eigenvalue weighted by Crippen LogP contribution is -2.43. The second-order valence-corrected chi connectivity index (χ2v) is 14.9. The molecule has 3 aliphatic rings. The number of aryl methyl sites for hydroxylation is 1. The molecule has 234 valence electrons. The van der Waals surface area contributed by atoms with Gasteiger partial charge in [0.1, 0.15) is 12.4 Å². The van der Waals surface area contributed by atoms with Gasteiger partial charge in [-0.15, -0.1) is 0 Å². The molecule has 2 aromatic carbocycles. The maximum absolute atomic E-state index is 13.6. The number of nitrogens with zero attached hydrogens (tertiary/aromatic N) is 1. The molecule has 0 spiro atoms. The highest BCUT2D eigenvalue weighted by Gasteiger charge is 2.37. The zero-order valence-corrected chi connectivity index (χ0v) is 26.9. The Balaban J connectivity index is 1.53. The van der Waals surface area contributed by atoms with Crippen LogP contribution in [0.3, 0.4) is 0 Å². The molecule has 1 amide bonds. The summed E-state index contributed by atoms with van der Waals surface area (Å²) in [4.78, 5) is 15.8. The maximum Gasteiger partial charge on any atom is 0.264 e. The number of ether oxygens (including phenoxy) is 1. The first-order valence-corrected chi connectivity index (χ1v) is 17.8. The summed E-state index contributed by atoms with van der Waals surface area (Å²) in [6.07, 6.45) is 10.6. The number of unbranched alkanes of at least 4 members (excludes halogenated alkanes) is 1. The van der Waals surface area contributed by atoms with E-state index >= 15 is 0 Å². The zero-order chi connectivity index (χ0) is 30.6. The molecule has 0 unspecified atom stereocenters. The quantitative estimate of drug-likeness (QED) is 0.369. The van der Waals surface area contributed by atoms with Crippen molar-refractivity contribution in [2.75, 3.05) is 18.0 Å². The summed E-state index contributed by atoms with van der Waals surface area (Å²) in [6, 6.07) is 11.1. The summed E-state index contributed by atoms with van der Waals surface area (Å²) in [5, 5.41) is 11.1. The number of carbonyl (C=O) groups excluding carboxylic acids is 1. The second kappa shape index (κ2) is 14.0. The van der Waals surface area contributed by atoms with Crippen molar-refractivity contribution in [3.8, 4) is 5.75 Å². The van der Waals surface area contributed by atoms with E-state index in [2.05, 4.69) is 9.62 Å². The van der Waals surface area contributed by atoms with Crippen LogP contribution in [0.5, 0.6) is 5.75 Å². The van der Waals surface area contributed by atoms with Gasteiger partial charge in [-0.3, -0.25) is 4.79 Å². The monoisotopic (exact) mass is 628 g/mol. The highest BCUT2D eigenvalue weighted by atomic mass is 35.5. The molecule has 9 heteroatoms. The van der Waals surface area contributed by atoms with Crippen molar-refractivity contribution in [2.24, 2.45) is 17.8 Å². The van der Waals surface area contributed by atoms with Gasteiger partial charge in [0.25, 0.3) is 5.91 Å².